The molecule has 0 fully saturated rings. The molecule has 1 aliphatic rings. The number of rotatable bonds is 3. The van der Waals surface area contributed by atoms with Gasteiger partial charge in [0, 0.05) is 19.1 Å². The normalized spacial score (nSPS) is 17.8. The first kappa shape index (κ1) is 16.8. The minimum atomic E-state index is -0.460. The minimum absolute atomic E-state index is 0.271. The van der Waals surface area contributed by atoms with E-state index in [0.29, 0.717) is 25.7 Å². The number of likely N-dealkylation sites (N-methyl/N-ethyl adjacent to an activating group) is 1. The number of amidine groups is 1. The third-order valence-electron chi connectivity index (χ3n) is 3.15. The largest absolute Gasteiger partial charge is 0.444 e. The zero-order valence-corrected chi connectivity index (χ0v) is 13.6. The lowest BCUT2D eigenvalue weighted by atomic mass is 10.2. The third-order valence-corrected chi connectivity index (χ3v) is 3.15. The van der Waals surface area contributed by atoms with Crippen molar-refractivity contribution in [1.82, 2.24) is 15.1 Å². The second-order valence-electron chi connectivity index (χ2n) is 6.42. The predicted molar refractivity (Wildman–Crippen MR) is 81.3 cm³/mol. The molecule has 0 aromatic rings. The van der Waals surface area contributed by atoms with Gasteiger partial charge in [-0.15, -0.1) is 0 Å². The second kappa shape index (κ2) is 6.92. The summed E-state index contributed by atoms with van der Waals surface area (Å²) in [5.41, 5.74) is -0.460. The van der Waals surface area contributed by atoms with Crippen LogP contribution in [0, 0.1) is 0 Å². The van der Waals surface area contributed by atoms with E-state index in [2.05, 4.69) is 22.1 Å². The van der Waals surface area contributed by atoms with Gasteiger partial charge in [0.1, 0.15) is 11.4 Å². The van der Waals surface area contributed by atoms with Crippen LogP contribution < -0.4 is 5.32 Å². The SMILES string of the molecule is CC(CNC1=NCCN(C(=O)OC(C)(C)C)C1)N(C)C. The summed E-state index contributed by atoms with van der Waals surface area (Å²) in [5.74, 6) is 0.857. The first-order valence-corrected chi connectivity index (χ1v) is 7.10. The van der Waals surface area contributed by atoms with Gasteiger partial charge < -0.3 is 15.0 Å². The number of amides is 1. The van der Waals surface area contributed by atoms with E-state index in [4.69, 9.17) is 4.74 Å². The van der Waals surface area contributed by atoms with Crippen molar-refractivity contribution >= 4 is 11.9 Å². The van der Waals surface area contributed by atoms with Crippen LogP contribution >= 0.6 is 0 Å². The summed E-state index contributed by atoms with van der Waals surface area (Å²) in [5, 5.41) is 3.31. The number of carbonyl (C=O) groups excluding carboxylic acids is 1. The molecule has 20 heavy (non-hydrogen) atoms. The van der Waals surface area contributed by atoms with Gasteiger partial charge in [0.25, 0.3) is 0 Å². The van der Waals surface area contributed by atoms with Gasteiger partial charge in [0.05, 0.1) is 13.1 Å². The summed E-state index contributed by atoms with van der Waals surface area (Å²) in [6, 6.07) is 0.412. The summed E-state index contributed by atoms with van der Waals surface area (Å²) in [6.45, 7) is 10.3. The van der Waals surface area contributed by atoms with Gasteiger partial charge in [-0.1, -0.05) is 0 Å². The Morgan fingerprint density at radius 2 is 2.15 bits per heavy atom. The van der Waals surface area contributed by atoms with Gasteiger partial charge in [-0.05, 0) is 41.8 Å². The Kier molecular flexibility index (Phi) is 5.80. The summed E-state index contributed by atoms with van der Waals surface area (Å²) in [6.07, 6.45) is -0.271. The Morgan fingerprint density at radius 3 is 2.70 bits per heavy atom. The molecule has 116 valence electrons. The Labute approximate surface area is 122 Å². The van der Waals surface area contributed by atoms with Crippen LogP contribution in [-0.2, 0) is 4.74 Å². The molecule has 0 aromatic heterocycles. The van der Waals surface area contributed by atoms with E-state index >= 15 is 0 Å². The first-order chi connectivity index (χ1) is 9.19. The van der Waals surface area contributed by atoms with Gasteiger partial charge in [-0.25, -0.2) is 4.79 Å². The molecule has 1 amide bonds. The predicted octanol–water partition coefficient (Wildman–Crippen LogP) is 1.18. The smallest absolute Gasteiger partial charge is 0.410 e. The van der Waals surface area contributed by atoms with Crippen molar-refractivity contribution in [2.24, 2.45) is 4.99 Å². The monoisotopic (exact) mass is 284 g/mol. The average molecular weight is 284 g/mol. The highest BCUT2D eigenvalue weighted by Gasteiger charge is 2.25. The van der Waals surface area contributed by atoms with Gasteiger partial charge in [0.15, 0.2) is 0 Å². The number of hydrogen-bond acceptors (Lipinski definition) is 5. The lowest BCUT2D eigenvalue weighted by molar-refractivity contribution is 0.0276. The maximum Gasteiger partial charge on any atom is 0.410 e. The van der Waals surface area contributed by atoms with Gasteiger partial charge >= 0.3 is 6.09 Å². The van der Waals surface area contributed by atoms with E-state index in [1.165, 1.54) is 0 Å². The molecule has 1 unspecified atom stereocenters. The first-order valence-electron chi connectivity index (χ1n) is 7.10. The van der Waals surface area contributed by atoms with Crippen LogP contribution in [0.25, 0.3) is 0 Å². The lowest BCUT2D eigenvalue weighted by Crippen LogP contribution is -2.49. The zero-order chi connectivity index (χ0) is 15.3. The van der Waals surface area contributed by atoms with Crippen LogP contribution in [0.1, 0.15) is 27.7 Å². The topological polar surface area (TPSA) is 57.2 Å². The molecule has 1 rings (SSSR count). The maximum absolute atomic E-state index is 12.0. The van der Waals surface area contributed by atoms with Crippen molar-refractivity contribution in [3.8, 4) is 0 Å². The molecule has 0 aliphatic carbocycles. The molecule has 6 heteroatoms. The maximum atomic E-state index is 12.0. The van der Waals surface area contributed by atoms with Crippen molar-refractivity contribution in [2.45, 2.75) is 39.3 Å². The molecule has 0 radical (unpaired) electrons. The summed E-state index contributed by atoms with van der Waals surface area (Å²) < 4.78 is 5.39. The summed E-state index contributed by atoms with van der Waals surface area (Å²) in [4.78, 5) is 20.3. The van der Waals surface area contributed by atoms with Crippen molar-refractivity contribution in [3.63, 3.8) is 0 Å². The third kappa shape index (κ3) is 5.77. The number of aliphatic imine (C=N–C) groups is 1. The Hall–Kier alpha value is -1.30. The fraction of sp³-hybridized carbons (Fsp3) is 0.857. The van der Waals surface area contributed by atoms with Crippen molar-refractivity contribution in [2.75, 3.05) is 40.3 Å². The van der Waals surface area contributed by atoms with E-state index < -0.39 is 5.60 Å². The van der Waals surface area contributed by atoms with Gasteiger partial charge in [-0.2, -0.15) is 0 Å². The Bertz CT molecular complexity index is 361. The lowest BCUT2D eigenvalue weighted by Gasteiger charge is -2.30. The van der Waals surface area contributed by atoms with Gasteiger partial charge in [-0.3, -0.25) is 9.89 Å². The highest BCUT2D eigenvalue weighted by Crippen LogP contribution is 2.10. The molecule has 6 nitrogen and oxygen atoms in total. The highest BCUT2D eigenvalue weighted by molar-refractivity contribution is 5.87. The molecule has 0 spiro atoms. The molecular formula is C14H28N4O2. The number of ether oxygens (including phenoxy) is 1. The van der Waals surface area contributed by atoms with E-state index in [1.807, 2.05) is 34.9 Å². The minimum Gasteiger partial charge on any atom is -0.444 e. The van der Waals surface area contributed by atoms with Crippen LogP contribution in [0.4, 0.5) is 4.79 Å². The molecular weight excluding hydrogens is 256 g/mol. The van der Waals surface area contributed by atoms with Gasteiger partial charge in [0.2, 0.25) is 0 Å². The molecule has 0 bridgehead atoms. The van der Waals surface area contributed by atoms with E-state index in [1.54, 1.807) is 4.90 Å². The average Bonchev–Trinajstić information content (AvgIpc) is 2.34. The Balaban J connectivity index is 2.46. The molecule has 1 N–H and O–H groups in total. The quantitative estimate of drug-likeness (QED) is 0.845. The van der Waals surface area contributed by atoms with Crippen molar-refractivity contribution < 1.29 is 9.53 Å². The highest BCUT2D eigenvalue weighted by atomic mass is 16.6. The molecule has 1 atom stereocenters. The van der Waals surface area contributed by atoms with Crippen LogP contribution in [-0.4, -0.2) is 73.6 Å². The van der Waals surface area contributed by atoms with E-state index in [0.717, 1.165) is 12.4 Å². The summed E-state index contributed by atoms with van der Waals surface area (Å²) in [7, 11) is 4.09. The number of nitrogens with one attached hydrogen (secondary N) is 1. The molecule has 0 saturated carbocycles. The van der Waals surface area contributed by atoms with Crippen molar-refractivity contribution in [3.05, 3.63) is 0 Å². The van der Waals surface area contributed by atoms with Crippen LogP contribution in [0.5, 0.6) is 0 Å². The fourth-order valence-corrected chi connectivity index (χ4v) is 1.66. The number of hydrogen-bond donors (Lipinski definition) is 1. The van der Waals surface area contributed by atoms with Crippen LogP contribution in [0.2, 0.25) is 0 Å². The number of nitrogens with zero attached hydrogens (tertiary/aromatic N) is 3. The molecule has 0 aromatic carbocycles. The molecule has 1 heterocycles. The Morgan fingerprint density at radius 1 is 1.50 bits per heavy atom. The summed E-state index contributed by atoms with van der Waals surface area (Å²) >= 11 is 0. The molecule has 1 aliphatic heterocycles. The van der Waals surface area contributed by atoms with Crippen LogP contribution in [0.3, 0.4) is 0 Å². The fourth-order valence-electron chi connectivity index (χ4n) is 1.66. The molecule has 0 saturated heterocycles. The van der Waals surface area contributed by atoms with E-state index in [-0.39, 0.29) is 6.09 Å². The van der Waals surface area contributed by atoms with Crippen LogP contribution in [0.15, 0.2) is 4.99 Å². The van der Waals surface area contributed by atoms with E-state index in [9.17, 15) is 4.79 Å². The second-order valence-corrected chi connectivity index (χ2v) is 6.42. The number of carbonyl (C=O) groups is 1. The van der Waals surface area contributed by atoms with Crippen molar-refractivity contribution in [1.29, 1.82) is 0 Å². The standard InChI is InChI=1S/C14H28N4O2/c1-11(17(5)6)9-16-12-10-18(8-7-15-12)13(19)20-14(2,3)4/h11H,7-10H2,1-6H3,(H,15,16). The zero-order valence-electron chi connectivity index (χ0n) is 13.6.